The molecule has 3 nitrogen and oxygen atoms in total. The Morgan fingerprint density at radius 3 is 2.50 bits per heavy atom. The maximum Gasteiger partial charge on any atom is 0.411 e. The quantitative estimate of drug-likeness (QED) is 0.845. The number of rotatable bonds is 2. The second-order valence-electron chi connectivity index (χ2n) is 4.35. The summed E-state index contributed by atoms with van der Waals surface area (Å²) in [5.41, 5.74) is -1.50. The monoisotopic (exact) mass is 278 g/mol. The second kappa shape index (κ2) is 4.12. The van der Waals surface area contributed by atoms with Gasteiger partial charge in [0.1, 0.15) is 10.7 Å². The molecule has 7 heteroatoms. The summed E-state index contributed by atoms with van der Waals surface area (Å²) >= 11 is 5.66. The van der Waals surface area contributed by atoms with Crippen LogP contribution in [0.25, 0.3) is 0 Å². The van der Waals surface area contributed by atoms with E-state index in [1.807, 2.05) is 5.32 Å². The van der Waals surface area contributed by atoms with E-state index >= 15 is 0 Å². The van der Waals surface area contributed by atoms with E-state index in [-0.39, 0.29) is 23.6 Å². The van der Waals surface area contributed by atoms with Crippen LogP contribution in [0.2, 0.25) is 5.15 Å². The van der Waals surface area contributed by atoms with E-state index in [9.17, 15) is 18.0 Å². The molecule has 0 bridgehead atoms. The summed E-state index contributed by atoms with van der Waals surface area (Å²) in [7, 11) is 0. The van der Waals surface area contributed by atoms with Crippen LogP contribution in [-0.2, 0) is 0 Å². The average Bonchev–Trinajstić information content (AvgIpc) is 2.96. The van der Waals surface area contributed by atoms with Crippen molar-refractivity contribution in [1.82, 2.24) is 10.3 Å². The Bertz CT molecular complexity index is 477. The molecule has 0 saturated heterocycles. The lowest BCUT2D eigenvalue weighted by atomic mass is 10.2. The smallest absolute Gasteiger partial charge is 0.338 e. The highest BCUT2D eigenvalue weighted by Gasteiger charge is 2.64. The molecule has 2 rings (SSSR count). The van der Waals surface area contributed by atoms with Gasteiger partial charge in [-0.3, -0.25) is 4.79 Å². The standard InChI is InChI=1S/C11H10ClF3N2O/c1-6-4-7(5-8(12)16-6)9(18)17-10(2-3-10)11(13,14)15/h4-5H,2-3H2,1H3,(H,17,18). The fourth-order valence-corrected chi connectivity index (χ4v) is 1.90. The van der Waals surface area contributed by atoms with Crippen LogP contribution < -0.4 is 5.32 Å². The van der Waals surface area contributed by atoms with E-state index in [2.05, 4.69) is 4.98 Å². The van der Waals surface area contributed by atoms with Crippen molar-refractivity contribution >= 4 is 17.5 Å². The van der Waals surface area contributed by atoms with Crippen LogP contribution in [0.3, 0.4) is 0 Å². The number of amides is 1. The number of halogens is 4. The van der Waals surface area contributed by atoms with Crippen molar-refractivity contribution in [2.75, 3.05) is 0 Å². The summed E-state index contributed by atoms with van der Waals surface area (Å²) in [6, 6.07) is 2.64. The van der Waals surface area contributed by atoms with Gasteiger partial charge in [0.15, 0.2) is 0 Å². The molecule has 1 heterocycles. The van der Waals surface area contributed by atoms with Crippen molar-refractivity contribution in [1.29, 1.82) is 0 Å². The number of aromatic nitrogens is 1. The Morgan fingerprint density at radius 1 is 1.44 bits per heavy atom. The molecule has 1 aliphatic rings. The van der Waals surface area contributed by atoms with Crippen molar-refractivity contribution in [2.45, 2.75) is 31.5 Å². The van der Waals surface area contributed by atoms with Crippen LogP contribution in [0.4, 0.5) is 13.2 Å². The Balaban J connectivity index is 2.18. The number of pyridine rings is 1. The molecule has 1 fully saturated rings. The first-order valence-electron chi connectivity index (χ1n) is 5.27. The molecule has 1 N–H and O–H groups in total. The van der Waals surface area contributed by atoms with E-state index in [1.54, 1.807) is 6.92 Å². The number of aryl methyl sites for hydroxylation is 1. The molecule has 1 amide bonds. The van der Waals surface area contributed by atoms with Gasteiger partial charge in [0.2, 0.25) is 0 Å². The summed E-state index contributed by atoms with van der Waals surface area (Å²) in [5.74, 6) is -0.780. The molecule has 0 spiro atoms. The molecule has 1 saturated carbocycles. The first kappa shape index (κ1) is 13.1. The van der Waals surface area contributed by atoms with Gasteiger partial charge in [-0.1, -0.05) is 11.6 Å². The summed E-state index contributed by atoms with van der Waals surface area (Å²) in [6.07, 6.45) is -4.59. The van der Waals surface area contributed by atoms with Crippen LogP contribution in [-0.4, -0.2) is 22.6 Å². The summed E-state index contributed by atoms with van der Waals surface area (Å²) in [6.45, 7) is 1.61. The molecular formula is C11H10ClF3N2O. The predicted molar refractivity (Wildman–Crippen MR) is 59.5 cm³/mol. The van der Waals surface area contributed by atoms with Crippen molar-refractivity contribution < 1.29 is 18.0 Å². The average molecular weight is 279 g/mol. The number of nitrogens with zero attached hydrogens (tertiary/aromatic N) is 1. The normalized spacial score (nSPS) is 17.4. The Hall–Kier alpha value is -1.30. The zero-order valence-electron chi connectivity index (χ0n) is 9.44. The third-order valence-electron chi connectivity index (χ3n) is 2.83. The minimum absolute atomic E-state index is 0.0806. The second-order valence-corrected chi connectivity index (χ2v) is 4.74. The number of hydrogen-bond donors (Lipinski definition) is 1. The maximum absolute atomic E-state index is 12.7. The summed E-state index contributed by atoms with van der Waals surface area (Å²) < 4.78 is 38.0. The van der Waals surface area contributed by atoms with Gasteiger partial charge in [-0.2, -0.15) is 13.2 Å². The number of carbonyl (C=O) groups is 1. The van der Waals surface area contributed by atoms with E-state index in [4.69, 9.17) is 11.6 Å². The molecule has 98 valence electrons. The van der Waals surface area contributed by atoms with Gasteiger partial charge in [0.25, 0.3) is 5.91 Å². The molecule has 1 aromatic heterocycles. The lowest BCUT2D eigenvalue weighted by molar-refractivity contribution is -0.163. The van der Waals surface area contributed by atoms with Crippen LogP contribution in [0, 0.1) is 6.92 Å². The van der Waals surface area contributed by atoms with Crippen LogP contribution in [0.5, 0.6) is 0 Å². The Morgan fingerprint density at radius 2 is 2.06 bits per heavy atom. The maximum atomic E-state index is 12.7. The molecular weight excluding hydrogens is 269 g/mol. The molecule has 18 heavy (non-hydrogen) atoms. The Kier molecular flexibility index (Phi) is 3.01. The SMILES string of the molecule is Cc1cc(C(=O)NC2(C(F)(F)F)CC2)cc(Cl)n1. The molecule has 0 atom stereocenters. The largest absolute Gasteiger partial charge is 0.411 e. The van der Waals surface area contributed by atoms with Gasteiger partial charge in [-0.05, 0) is 31.9 Å². The predicted octanol–water partition coefficient (Wildman–Crippen LogP) is 2.87. The summed E-state index contributed by atoms with van der Waals surface area (Å²) in [5, 5.41) is 2.11. The molecule has 1 aliphatic carbocycles. The first-order valence-corrected chi connectivity index (χ1v) is 5.65. The number of carbonyl (C=O) groups excluding carboxylic acids is 1. The highest BCUT2D eigenvalue weighted by Crippen LogP contribution is 2.49. The lowest BCUT2D eigenvalue weighted by Crippen LogP contribution is -2.47. The highest BCUT2D eigenvalue weighted by atomic mass is 35.5. The van der Waals surface area contributed by atoms with E-state index in [1.165, 1.54) is 12.1 Å². The Labute approximate surface area is 106 Å². The zero-order chi connectivity index (χ0) is 13.6. The molecule has 0 unspecified atom stereocenters. The van der Waals surface area contributed by atoms with Crippen molar-refractivity contribution in [3.05, 3.63) is 28.5 Å². The third kappa shape index (κ3) is 2.43. The molecule has 0 aliphatic heterocycles. The van der Waals surface area contributed by atoms with Crippen LogP contribution >= 0.6 is 11.6 Å². The third-order valence-corrected chi connectivity index (χ3v) is 3.02. The van der Waals surface area contributed by atoms with Crippen LogP contribution in [0.15, 0.2) is 12.1 Å². The van der Waals surface area contributed by atoms with E-state index in [0.29, 0.717) is 5.69 Å². The van der Waals surface area contributed by atoms with Crippen molar-refractivity contribution in [3.63, 3.8) is 0 Å². The zero-order valence-corrected chi connectivity index (χ0v) is 10.2. The highest BCUT2D eigenvalue weighted by molar-refractivity contribution is 6.29. The lowest BCUT2D eigenvalue weighted by Gasteiger charge is -2.20. The topological polar surface area (TPSA) is 42.0 Å². The minimum Gasteiger partial charge on any atom is -0.338 e. The molecule has 0 aromatic carbocycles. The first-order chi connectivity index (χ1) is 8.23. The molecule has 0 radical (unpaired) electrons. The van der Waals surface area contributed by atoms with Crippen LogP contribution in [0.1, 0.15) is 28.9 Å². The fraction of sp³-hybridized carbons (Fsp3) is 0.455. The van der Waals surface area contributed by atoms with Gasteiger partial charge in [-0.15, -0.1) is 0 Å². The van der Waals surface area contributed by atoms with Crippen molar-refractivity contribution in [2.24, 2.45) is 0 Å². The van der Waals surface area contributed by atoms with E-state index < -0.39 is 17.6 Å². The van der Waals surface area contributed by atoms with Gasteiger partial charge in [0.05, 0.1) is 0 Å². The number of hydrogen-bond acceptors (Lipinski definition) is 2. The van der Waals surface area contributed by atoms with Gasteiger partial charge in [-0.25, -0.2) is 4.98 Å². The van der Waals surface area contributed by atoms with Gasteiger partial charge >= 0.3 is 6.18 Å². The number of alkyl halides is 3. The minimum atomic E-state index is -4.42. The molecule has 1 aromatic rings. The number of nitrogens with one attached hydrogen (secondary N) is 1. The van der Waals surface area contributed by atoms with Gasteiger partial charge in [0, 0.05) is 11.3 Å². The summed E-state index contributed by atoms with van der Waals surface area (Å²) in [4.78, 5) is 15.6. The van der Waals surface area contributed by atoms with Crippen molar-refractivity contribution in [3.8, 4) is 0 Å². The van der Waals surface area contributed by atoms with Gasteiger partial charge < -0.3 is 5.32 Å². The fourth-order valence-electron chi connectivity index (χ4n) is 1.65. The van der Waals surface area contributed by atoms with E-state index in [0.717, 1.165) is 0 Å².